The van der Waals surface area contributed by atoms with Gasteiger partial charge in [0, 0.05) is 0 Å². The van der Waals surface area contributed by atoms with Crippen LogP contribution in [0, 0.1) is 0 Å². The van der Waals surface area contributed by atoms with E-state index < -0.39 is 18.3 Å². The summed E-state index contributed by atoms with van der Waals surface area (Å²) in [5.74, 6) is 0. The van der Waals surface area contributed by atoms with E-state index in [0.29, 0.717) is 0 Å². The molecule has 0 N–H and O–H groups in total. The molecule has 3 atom stereocenters. The fourth-order valence-corrected chi connectivity index (χ4v) is 0. The summed E-state index contributed by atoms with van der Waals surface area (Å²) >= 11 is 0. The van der Waals surface area contributed by atoms with E-state index in [1.54, 1.807) is 13.3 Å². The molecule has 19 heavy (non-hydrogen) atoms. The predicted molar refractivity (Wildman–Crippen MR) is 144 cm³/mol. The van der Waals surface area contributed by atoms with Gasteiger partial charge in [-0.05, 0) is 0 Å². The largest absolute Gasteiger partial charge is 0.197 e. The Morgan fingerprint density at radius 2 is 0.579 bits per heavy atom. The maximum atomic E-state index is 6.31. The summed E-state index contributed by atoms with van der Waals surface area (Å²) in [6, 6.07) is 0. The SMILES string of the molecule is C.C.C.C.C.C.C.C.C.C.C.C.P.S.S.[2H]P([3H])C.[2H]P([3H])C. The first-order valence-electron chi connectivity index (χ1n) is 2.68. The van der Waals surface area contributed by atoms with Crippen LogP contribution in [0.4, 0.5) is 0 Å². The van der Waals surface area contributed by atoms with Crippen molar-refractivity contribution in [3.05, 3.63) is 0 Å². The van der Waals surface area contributed by atoms with E-state index in [0.717, 1.165) is 0 Å². The van der Waals surface area contributed by atoms with Gasteiger partial charge in [-0.15, -0.1) is 18.3 Å². The van der Waals surface area contributed by atoms with E-state index >= 15 is 0 Å². The van der Waals surface area contributed by atoms with Crippen molar-refractivity contribution >= 4 is 55.2 Å². The molecule has 0 heterocycles. The Bertz CT molecular complexity index is 51.5. The van der Waals surface area contributed by atoms with Crippen molar-refractivity contribution in [2.45, 2.75) is 89.1 Å². The second-order valence-corrected chi connectivity index (χ2v) is 0. The highest BCUT2D eigenvalue weighted by Gasteiger charge is 0.908. The van der Waals surface area contributed by atoms with Gasteiger partial charge in [0.15, 0.2) is 0 Å². The highest BCUT2D eigenvalue weighted by Crippen LogP contribution is 1.46. The van der Waals surface area contributed by atoms with Gasteiger partial charge in [-0.2, -0.15) is 36.9 Å². The van der Waals surface area contributed by atoms with Crippen molar-refractivity contribution in [1.29, 1.82) is 5.11 Å². The van der Waals surface area contributed by atoms with Crippen LogP contribution in [-0.4, -0.2) is 18.4 Å². The maximum Gasteiger partial charge on any atom is 0.0543 e. The van der Waals surface area contributed by atoms with Crippen LogP contribution in [0.3, 0.4) is 0 Å². The van der Waals surface area contributed by atoms with E-state index in [1.807, 2.05) is 0 Å². The fraction of sp³-hybridized carbons (Fsp3) is 1.00. The molecule has 0 rings (SSSR count). The highest BCUT2D eigenvalue weighted by atomic mass is 32.1. The molecular weight excluding hydrogens is 325 g/mol. The molecule has 3 unspecified atom stereocenters. The minimum atomic E-state index is -1.12. The van der Waals surface area contributed by atoms with Crippen LogP contribution in [0.5, 0.6) is 0 Å². The molecule has 0 aromatic carbocycles. The summed E-state index contributed by atoms with van der Waals surface area (Å²) in [5.41, 5.74) is 0. The second-order valence-electron chi connectivity index (χ2n) is 0. The van der Waals surface area contributed by atoms with Crippen molar-refractivity contribution in [2.24, 2.45) is 0 Å². The first-order chi connectivity index (χ1) is 3.46. The third kappa shape index (κ3) is 1630. The lowest BCUT2D eigenvalue weighted by Gasteiger charge is -1.10. The predicted octanol–water partition coefficient (Wildman–Crippen LogP) is 8.90. The van der Waals surface area contributed by atoms with E-state index in [-0.39, 0.29) is 126 Å². The van der Waals surface area contributed by atoms with Gasteiger partial charge in [-0.1, -0.05) is 102 Å². The zero-order chi connectivity index (χ0) is 7.15. The first-order valence-corrected chi connectivity index (χ1v) is 2.68. The standard InChI is InChI=1S/2CH5P.12CH4.H3P.2H2S/c2*1-2;;;;;;;;;;;;;;;/h2*2H2,1H3;12*1H4;1H3;2*1H2/i2*2TD;;;;;;;;;;;;;;;. The van der Waals surface area contributed by atoms with E-state index in [9.17, 15) is 0 Å². The van der Waals surface area contributed by atoms with Crippen molar-refractivity contribution in [3.8, 4) is 0 Å². The molecular formula is C14H65P3S2. The van der Waals surface area contributed by atoms with Gasteiger partial charge in [0.05, 0.1) is 5.11 Å². The van der Waals surface area contributed by atoms with E-state index in [2.05, 4.69) is 0 Å². The van der Waals surface area contributed by atoms with E-state index in [1.165, 1.54) is 0 Å². The van der Waals surface area contributed by atoms with Gasteiger partial charge >= 0.3 is 0 Å². The monoisotopic (exact) mass is 396 g/mol. The molecule has 0 saturated heterocycles. The van der Waals surface area contributed by atoms with Gasteiger partial charge < -0.3 is 0 Å². The average Bonchev–Trinajstić information content (AvgIpc) is 1.25. The Balaban J connectivity index is -0.00000000126. The van der Waals surface area contributed by atoms with Crippen molar-refractivity contribution in [1.82, 2.24) is 0 Å². The number of rotatable bonds is 0. The molecule has 0 bridgehead atoms. The van der Waals surface area contributed by atoms with E-state index in [4.69, 9.17) is 5.11 Å². The Morgan fingerprint density at radius 3 is 0.579 bits per heavy atom. The van der Waals surface area contributed by atoms with Gasteiger partial charge in [-0.3, -0.25) is 0 Å². The Labute approximate surface area is 162 Å². The normalized spacial score (nSPS) is 6.84. The molecule has 5 heteroatoms. The van der Waals surface area contributed by atoms with Gasteiger partial charge in [0.25, 0.3) is 0 Å². The summed E-state index contributed by atoms with van der Waals surface area (Å²) in [5, 5.41) is 0. The molecule has 0 radical (unpaired) electrons. The lowest BCUT2D eigenvalue weighted by atomic mass is 12.0. The first kappa shape index (κ1) is 131. The van der Waals surface area contributed by atoms with Crippen molar-refractivity contribution in [3.63, 3.8) is 0 Å². The highest BCUT2D eigenvalue weighted by molar-refractivity contribution is 7.59. The van der Waals surface area contributed by atoms with Gasteiger partial charge in [0.1, 0.15) is 0 Å². The third-order valence-electron chi connectivity index (χ3n) is 0. The molecule has 0 fully saturated rings. The molecule has 0 amide bonds. The maximum absolute atomic E-state index is 6.31. The lowest BCUT2D eigenvalue weighted by Crippen LogP contribution is -0.804. The van der Waals surface area contributed by atoms with Crippen LogP contribution in [-0.2, 0) is 0 Å². The molecule has 0 spiro atoms. The van der Waals surface area contributed by atoms with Crippen LogP contribution in [0.2, 0.25) is 0 Å². The smallest absolute Gasteiger partial charge is 0.0543 e. The van der Waals surface area contributed by atoms with Gasteiger partial charge in [-0.25, -0.2) is 0 Å². The van der Waals surface area contributed by atoms with Crippen LogP contribution < -0.4 is 0 Å². The lowest BCUT2D eigenvalue weighted by molar-refractivity contribution is 2.50. The van der Waals surface area contributed by atoms with Gasteiger partial charge in [0.2, 0.25) is 0 Å². The molecule has 0 aromatic rings. The average molecular weight is 397 g/mol. The van der Waals surface area contributed by atoms with Crippen molar-refractivity contribution in [2.75, 3.05) is 13.3 Å². The molecule has 0 aliphatic carbocycles. The molecule has 148 valence electrons. The Morgan fingerprint density at radius 1 is 0.579 bits per heavy atom. The zero-order valence-electron chi connectivity index (χ0n) is 8.60. The quantitative estimate of drug-likeness (QED) is 0.358. The molecule has 0 aromatic heterocycles. The Hall–Kier alpha value is 1.99. The molecule has 0 nitrogen and oxygen atoms in total. The summed E-state index contributed by atoms with van der Waals surface area (Å²) in [7, 11) is -2.24. The van der Waals surface area contributed by atoms with Crippen LogP contribution >= 0.6 is 55.2 Å². The molecule has 0 aliphatic rings. The van der Waals surface area contributed by atoms with Crippen LogP contribution in [0.25, 0.3) is 0 Å². The summed E-state index contributed by atoms with van der Waals surface area (Å²) in [4.78, 5) is 0. The fourth-order valence-electron chi connectivity index (χ4n) is 0. The number of hydrogen-bond donors (Lipinski definition) is 0. The zero-order valence-corrected chi connectivity index (χ0v) is 9.80. The second kappa shape index (κ2) is 1820. The topological polar surface area (TPSA) is 0 Å². The van der Waals surface area contributed by atoms with Crippen molar-refractivity contribution < 1.29 is 0 Å². The minimum absolute atomic E-state index is 0. The Kier molecular flexibility index (Phi) is 12600. The third-order valence-corrected chi connectivity index (χ3v) is 0. The number of hydrogen-bond acceptors (Lipinski definition) is 0. The van der Waals surface area contributed by atoms with Crippen LogP contribution in [0.15, 0.2) is 0 Å². The minimum Gasteiger partial charge on any atom is -0.197 e. The molecule has 0 aliphatic heterocycles. The summed E-state index contributed by atoms with van der Waals surface area (Å²) < 4.78 is 25.3. The molecule has 0 saturated carbocycles. The van der Waals surface area contributed by atoms with Crippen LogP contribution in [0.1, 0.15) is 89.1 Å². The summed E-state index contributed by atoms with van der Waals surface area (Å²) in [6.07, 6.45) is 0. The summed E-state index contributed by atoms with van der Waals surface area (Å²) in [6.45, 7) is 3.13.